The fourth-order valence-electron chi connectivity index (χ4n) is 8.76. The highest BCUT2D eigenvalue weighted by Crippen LogP contribution is 2.44. The number of hydrogen-bond acceptors (Lipinski definition) is 9. The van der Waals surface area contributed by atoms with Crippen molar-refractivity contribution < 1.29 is 41.8 Å². The molecule has 8 unspecified atom stereocenters. The van der Waals surface area contributed by atoms with Crippen LogP contribution in [0.1, 0.15) is 127 Å². The third kappa shape index (κ3) is 14.4. The molecule has 0 spiro atoms. The van der Waals surface area contributed by atoms with Crippen LogP contribution < -0.4 is 0 Å². The second kappa shape index (κ2) is 22.3. The Morgan fingerprint density at radius 1 is 0.814 bits per heavy atom. The van der Waals surface area contributed by atoms with Crippen LogP contribution in [0.15, 0.2) is 24.3 Å². The number of esters is 1. The molecule has 0 aromatic heterocycles. The average Bonchev–Trinajstić information content (AvgIpc) is 3.67. The van der Waals surface area contributed by atoms with Crippen molar-refractivity contribution in [3.63, 3.8) is 0 Å². The van der Waals surface area contributed by atoms with Gasteiger partial charge in [0.15, 0.2) is 25.0 Å². The van der Waals surface area contributed by atoms with Gasteiger partial charge in [-0.15, -0.1) is 0 Å². The minimum atomic E-state index is -2.17. The van der Waals surface area contributed by atoms with E-state index < -0.39 is 25.0 Å². The zero-order valence-electron chi connectivity index (χ0n) is 40.8. The Morgan fingerprint density at radius 2 is 1.42 bits per heavy atom. The fourth-order valence-corrected chi connectivity index (χ4v) is 13.8. The maximum absolute atomic E-state index is 12.9. The Bertz CT molecular complexity index is 1330. The normalized spacial score (nSPS) is 29.3. The molecule has 344 valence electrons. The summed E-state index contributed by atoms with van der Waals surface area (Å²) >= 11 is 0. The third-order valence-corrected chi connectivity index (χ3v) is 29.0. The van der Waals surface area contributed by atoms with Crippen molar-refractivity contribution in [3.05, 3.63) is 24.3 Å². The van der Waals surface area contributed by atoms with Gasteiger partial charge in [0.1, 0.15) is 0 Å². The maximum atomic E-state index is 12.9. The third-order valence-electron chi connectivity index (χ3n) is 15.2. The number of methoxy groups -OCH3 is 2. The monoisotopic (exact) mass is 883 g/mol. The smallest absolute Gasteiger partial charge is 0.305 e. The van der Waals surface area contributed by atoms with Gasteiger partial charge >= 0.3 is 5.97 Å². The number of hydrogen-bond donors (Lipinski definition) is 0. The summed E-state index contributed by atoms with van der Waals surface area (Å²) in [4.78, 5) is 12.9. The first kappa shape index (κ1) is 52.7. The lowest BCUT2D eigenvalue weighted by Crippen LogP contribution is -2.49. The van der Waals surface area contributed by atoms with Gasteiger partial charge in [-0.2, -0.15) is 0 Å². The summed E-state index contributed by atoms with van der Waals surface area (Å²) in [7, 11) is -2.61. The molecule has 0 aliphatic carbocycles. The Morgan fingerprint density at radius 3 is 1.98 bits per heavy atom. The van der Waals surface area contributed by atoms with Crippen LogP contribution in [0.25, 0.3) is 0 Å². The van der Waals surface area contributed by atoms with E-state index in [1.807, 2.05) is 0 Å². The molecular formula is C47H90O9Si3. The molecule has 0 saturated carbocycles. The van der Waals surface area contributed by atoms with Gasteiger partial charge in [-0.1, -0.05) is 82.4 Å². The van der Waals surface area contributed by atoms with Crippen molar-refractivity contribution in [3.8, 4) is 0 Å². The Kier molecular flexibility index (Phi) is 19.9. The molecule has 59 heavy (non-hydrogen) atoms. The van der Waals surface area contributed by atoms with Crippen LogP contribution in [-0.2, 0) is 41.8 Å². The van der Waals surface area contributed by atoms with Gasteiger partial charge in [0, 0.05) is 32.5 Å². The van der Waals surface area contributed by atoms with Crippen molar-refractivity contribution in [2.75, 3.05) is 27.4 Å². The van der Waals surface area contributed by atoms with Crippen molar-refractivity contribution in [1.29, 1.82) is 0 Å². The van der Waals surface area contributed by atoms with E-state index in [0.29, 0.717) is 25.4 Å². The number of carbonyl (C=O) groups is 1. The minimum Gasteiger partial charge on any atom is -0.469 e. The first-order chi connectivity index (χ1) is 27.4. The second-order valence-electron chi connectivity index (χ2n) is 21.3. The lowest BCUT2D eigenvalue weighted by Gasteiger charge is -2.42. The summed E-state index contributed by atoms with van der Waals surface area (Å²) in [6.07, 6.45) is 6.18. The van der Waals surface area contributed by atoms with Crippen molar-refractivity contribution in [2.24, 2.45) is 11.8 Å². The van der Waals surface area contributed by atoms with Gasteiger partial charge in [-0.25, -0.2) is 0 Å². The van der Waals surface area contributed by atoms with Gasteiger partial charge in [-0.05, 0) is 110 Å². The molecule has 12 heteroatoms. The molecule has 0 aromatic rings. The standard InChI is InChI=1S/C47H90O9Si3/c1-19-59(20-2,21-3)51-26-22-23-36-28-34(5)40(53-36)25-24-37-27-33(4)35(6)41(54-37)31-42-39(30-44(48)49-13)45(50-14)43(55-42)29-38(56-58(17,18)47(10,11)12)32-52-57(15,16)46(7,8)9/h33,36-43,45H,5-6,19-32H2,1-4,7-18H3/t33?,36?,37?,38?,39?,40-,41?,42?,43?,45+/m0/s1. The first-order valence-corrected chi connectivity index (χ1v) is 31.6. The lowest BCUT2D eigenvalue weighted by atomic mass is 9.82. The van der Waals surface area contributed by atoms with Crippen LogP contribution in [0.3, 0.4) is 0 Å². The molecule has 3 saturated heterocycles. The second-order valence-corrected chi connectivity index (χ2v) is 35.6. The highest BCUT2D eigenvalue weighted by molar-refractivity contribution is 6.75. The largest absolute Gasteiger partial charge is 0.469 e. The molecule has 0 amide bonds. The van der Waals surface area contributed by atoms with E-state index in [4.69, 9.17) is 37.0 Å². The van der Waals surface area contributed by atoms with E-state index in [0.717, 1.165) is 50.7 Å². The number of ether oxygens (including phenoxy) is 5. The molecule has 0 N–H and O–H groups in total. The molecule has 10 atom stereocenters. The predicted octanol–water partition coefficient (Wildman–Crippen LogP) is 11.8. The van der Waals surface area contributed by atoms with Gasteiger partial charge in [-0.3, -0.25) is 4.79 Å². The van der Waals surface area contributed by atoms with Crippen LogP contribution in [0.2, 0.25) is 54.4 Å². The summed E-state index contributed by atoms with van der Waals surface area (Å²) < 4.78 is 52.4. The molecule has 0 radical (unpaired) electrons. The highest BCUT2D eigenvalue weighted by Gasteiger charge is 2.50. The van der Waals surface area contributed by atoms with E-state index in [1.54, 1.807) is 7.11 Å². The maximum Gasteiger partial charge on any atom is 0.305 e. The molecule has 3 aliphatic heterocycles. The summed E-state index contributed by atoms with van der Waals surface area (Å²) in [6.45, 7) is 42.2. The molecular weight excluding hydrogens is 793 g/mol. The number of rotatable bonds is 23. The molecule has 0 bridgehead atoms. The van der Waals surface area contributed by atoms with Gasteiger partial charge in [0.25, 0.3) is 0 Å². The molecule has 9 nitrogen and oxygen atoms in total. The van der Waals surface area contributed by atoms with E-state index in [9.17, 15) is 4.79 Å². The molecule has 3 aliphatic rings. The Hall–Kier alpha value is -0.679. The van der Waals surface area contributed by atoms with Crippen LogP contribution >= 0.6 is 0 Å². The van der Waals surface area contributed by atoms with E-state index in [-0.39, 0.29) is 77.2 Å². The quantitative estimate of drug-likeness (QED) is 0.0431. The van der Waals surface area contributed by atoms with Gasteiger partial charge in [0.2, 0.25) is 0 Å². The van der Waals surface area contributed by atoms with Gasteiger partial charge < -0.3 is 37.0 Å². The summed E-state index contributed by atoms with van der Waals surface area (Å²) in [5, 5.41) is 0.102. The van der Waals surface area contributed by atoms with E-state index in [1.165, 1.54) is 30.8 Å². The zero-order valence-corrected chi connectivity index (χ0v) is 43.8. The van der Waals surface area contributed by atoms with E-state index in [2.05, 4.69) is 109 Å². The SMILES string of the molecule is C=C1C(C)CC(CC[C@@H]2OC(CCCO[Si](CC)(CC)CC)CC2=C)OC1CC1OC(CC(CO[Si](C)(C)C(C)(C)C)O[Si](C)(C)C(C)(C)C)[C@H](OC)C1CC(=O)OC. The van der Waals surface area contributed by atoms with Crippen molar-refractivity contribution >= 4 is 30.9 Å². The van der Waals surface area contributed by atoms with E-state index >= 15 is 0 Å². The average molecular weight is 883 g/mol. The van der Waals surface area contributed by atoms with Crippen molar-refractivity contribution in [2.45, 2.75) is 230 Å². The zero-order chi connectivity index (χ0) is 44.6. The molecule has 3 fully saturated rings. The predicted molar refractivity (Wildman–Crippen MR) is 250 cm³/mol. The molecule has 3 heterocycles. The van der Waals surface area contributed by atoms with Gasteiger partial charge in [0.05, 0.1) is 69.0 Å². The molecule has 0 aromatic carbocycles. The Balaban J connectivity index is 1.71. The highest BCUT2D eigenvalue weighted by atomic mass is 28.4. The topological polar surface area (TPSA) is 90.9 Å². The fraction of sp³-hybridized carbons (Fsp3) is 0.894. The molecule has 3 rings (SSSR count). The number of carbonyl (C=O) groups excluding carboxylic acids is 1. The summed E-state index contributed by atoms with van der Waals surface area (Å²) in [6, 6.07) is 3.56. The van der Waals surface area contributed by atoms with Crippen LogP contribution in [-0.4, -0.2) is 107 Å². The van der Waals surface area contributed by atoms with Crippen molar-refractivity contribution in [1.82, 2.24) is 0 Å². The Labute approximate surface area is 365 Å². The van der Waals surface area contributed by atoms with Crippen LogP contribution in [0, 0.1) is 11.8 Å². The van der Waals surface area contributed by atoms with Crippen LogP contribution in [0.5, 0.6) is 0 Å². The summed E-state index contributed by atoms with van der Waals surface area (Å²) in [5.74, 6) is -0.174. The lowest BCUT2D eigenvalue weighted by molar-refractivity contribution is -0.143. The van der Waals surface area contributed by atoms with Crippen LogP contribution in [0.4, 0.5) is 0 Å². The minimum absolute atomic E-state index is 0.0293. The summed E-state index contributed by atoms with van der Waals surface area (Å²) in [5.41, 5.74) is 2.29. The first-order valence-electron chi connectivity index (χ1n) is 23.2.